The number of nitrogens with zero attached hydrogens (tertiary/aromatic N) is 2. The van der Waals surface area contributed by atoms with Crippen LogP contribution in [0.4, 0.5) is 0 Å². The molecule has 0 radical (unpaired) electrons. The van der Waals surface area contributed by atoms with Gasteiger partial charge in [0.25, 0.3) is 0 Å². The van der Waals surface area contributed by atoms with Crippen molar-refractivity contribution < 1.29 is 19.4 Å². The first-order valence-corrected chi connectivity index (χ1v) is 13.3. The Morgan fingerprint density at radius 3 is 2.60 bits per heavy atom. The van der Waals surface area contributed by atoms with Gasteiger partial charge in [-0.25, -0.2) is 4.98 Å². The number of esters is 1. The van der Waals surface area contributed by atoms with Crippen LogP contribution >= 0.6 is 11.3 Å². The monoisotopic (exact) mass is 500 g/mol. The van der Waals surface area contributed by atoms with Crippen molar-refractivity contribution in [2.75, 3.05) is 0 Å². The highest BCUT2D eigenvalue weighted by molar-refractivity contribution is 7.09. The second-order valence-electron chi connectivity index (χ2n) is 10.6. The molecule has 0 aromatic carbocycles. The topological polar surface area (TPSA) is 100 Å². The molecule has 2 rings (SSSR count). The number of nitriles is 1. The van der Waals surface area contributed by atoms with E-state index in [0.29, 0.717) is 6.42 Å². The molecular weight excluding hydrogens is 460 g/mol. The van der Waals surface area contributed by atoms with Crippen LogP contribution < -0.4 is 0 Å². The van der Waals surface area contributed by atoms with E-state index in [1.54, 1.807) is 32.1 Å². The molecule has 0 aliphatic carbocycles. The molecule has 0 fully saturated rings. The number of rotatable bonds is 2. The Balaban J connectivity index is 2.38. The van der Waals surface area contributed by atoms with Crippen LogP contribution in [-0.4, -0.2) is 34.1 Å². The fourth-order valence-electron chi connectivity index (χ4n) is 4.63. The lowest BCUT2D eigenvalue weighted by molar-refractivity contribution is -0.149. The number of ether oxygens (including phenoxy) is 1. The van der Waals surface area contributed by atoms with E-state index in [4.69, 9.17) is 4.74 Å². The van der Waals surface area contributed by atoms with Gasteiger partial charge in [0.05, 0.1) is 35.2 Å². The molecule has 1 aromatic heterocycles. The van der Waals surface area contributed by atoms with Crippen molar-refractivity contribution in [3.63, 3.8) is 0 Å². The Kier molecular flexibility index (Phi) is 10.4. The third-order valence-corrected chi connectivity index (χ3v) is 8.04. The fourth-order valence-corrected chi connectivity index (χ4v) is 5.20. The van der Waals surface area contributed by atoms with Gasteiger partial charge in [0, 0.05) is 23.1 Å². The summed E-state index contributed by atoms with van der Waals surface area (Å²) in [5.41, 5.74) is 1.80. The van der Waals surface area contributed by atoms with E-state index in [1.165, 1.54) is 5.57 Å². The van der Waals surface area contributed by atoms with Crippen LogP contribution in [0.5, 0.6) is 0 Å². The van der Waals surface area contributed by atoms with Crippen LogP contribution in [-0.2, 0) is 14.3 Å². The van der Waals surface area contributed by atoms with Crippen LogP contribution in [0.2, 0.25) is 0 Å². The number of aliphatic hydroxyl groups is 1. The third kappa shape index (κ3) is 7.85. The smallest absolute Gasteiger partial charge is 0.307 e. The van der Waals surface area contributed by atoms with E-state index < -0.39 is 35.4 Å². The number of ketones is 1. The highest BCUT2D eigenvalue weighted by Gasteiger charge is 2.43. The molecule has 6 nitrogen and oxygen atoms in total. The van der Waals surface area contributed by atoms with Gasteiger partial charge in [-0.3, -0.25) is 9.59 Å². The average Bonchev–Trinajstić information content (AvgIpc) is 3.21. The first-order chi connectivity index (χ1) is 16.4. The number of carbonyl (C=O) groups excluding carboxylic acids is 2. The van der Waals surface area contributed by atoms with Gasteiger partial charge in [-0.1, -0.05) is 39.3 Å². The number of hydrogen-bond acceptors (Lipinski definition) is 7. The zero-order valence-corrected chi connectivity index (χ0v) is 22.9. The third-order valence-electron chi connectivity index (χ3n) is 7.25. The maximum atomic E-state index is 13.3. The largest absolute Gasteiger partial charge is 0.457 e. The quantitative estimate of drug-likeness (QED) is 0.392. The standard InChI is InChI=1S/C28H40N2O4S/c1-17-9-8-10-18(2)26(32)20(4)27(33)28(6,7)22(15-29)14-25(31)34-24(12-11-17)19(3)13-23-16-35-21(5)30-23/h11,13,16,18,20,22,24,26,32H,8-10,12,14H2,1-7H3/t18-,20?,22+,24-,26-/m0/s1. The van der Waals surface area contributed by atoms with E-state index in [1.807, 2.05) is 32.2 Å². The number of allylic oxidation sites excluding steroid dienone is 1. The molecule has 0 amide bonds. The fraction of sp³-hybridized carbons (Fsp3) is 0.643. The number of Topliss-reactive ketones (excluding diaryl/α,β-unsaturated/α-hetero) is 1. The van der Waals surface area contributed by atoms with Crippen molar-refractivity contribution in [1.82, 2.24) is 4.98 Å². The van der Waals surface area contributed by atoms with Gasteiger partial charge in [-0.05, 0) is 57.6 Å². The van der Waals surface area contributed by atoms with Crippen LogP contribution in [0.15, 0.2) is 22.6 Å². The number of hydrogen-bond donors (Lipinski definition) is 1. The molecule has 1 aliphatic heterocycles. The molecule has 35 heavy (non-hydrogen) atoms. The van der Waals surface area contributed by atoms with Gasteiger partial charge in [0.1, 0.15) is 11.9 Å². The molecule has 7 heteroatoms. The van der Waals surface area contributed by atoms with Crippen molar-refractivity contribution in [2.24, 2.45) is 23.2 Å². The lowest BCUT2D eigenvalue weighted by Crippen LogP contribution is -2.43. The molecule has 0 saturated heterocycles. The Hall–Kier alpha value is -2.30. The molecular formula is C28H40N2O4S. The van der Waals surface area contributed by atoms with Gasteiger partial charge < -0.3 is 9.84 Å². The van der Waals surface area contributed by atoms with Crippen LogP contribution in [0.25, 0.3) is 6.08 Å². The van der Waals surface area contributed by atoms with E-state index in [9.17, 15) is 20.0 Å². The van der Waals surface area contributed by atoms with Gasteiger partial charge in [0.15, 0.2) is 0 Å². The van der Waals surface area contributed by atoms with Gasteiger partial charge in [-0.2, -0.15) is 5.26 Å². The van der Waals surface area contributed by atoms with Crippen molar-refractivity contribution >= 4 is 29.2 Å². The minimum Gasteiger partial charge on any atom is -0.457 e. The second kappa shape index (κ2) is 12.6. The summed E-state index contributed by atoms with van der Waals surface area (Å²) in [5.74, 6) is -2.25. The molecule has 0 saturated carbocycles. The first kappa shape index (κ1) is 28.9. The summed E-state index contributed by atoms with van der Waals surface area (Å²) in [6.07, 6.45) is 5.66. The number of aryl methyl sites for hydroxylation is 1. The predicted molar refractivity (Wildman–Crippen MR) is 139 cm³/mol. The van der Waals surface area contributed by atoms with E-state index in [0.717, 1.165) is 35.5 Å². The van der Waals surface area contributed by atoms with Gasteiger partial charge >= 0.3 is 5.97 Å². The van der Waals surface area contributed by atoms with Crippen LogP contribution in [0.1, 0.15) is 84.3 Å². The Morgan fingerprint density at radius 1 is 1.31 bits per heavy atom. The van der Waals surface area contributed by atoms with Crippen LogP contribution in [0.3, 0.4) is 0 Å². The highest BCUT2D eigenvalue weighted by atomic mass is 32.1. The first-order valence-electron chi connectivity index (χ1n) is 12.4. The molecule has 5 atom stereocenters. The van der Waals surface area contributed by atoms with E-state index in [-0.39, 0.29) is 18.1 Å². The number of thiazole rings is 1. The molecule has 2 heterocycles. The van der Waals surface area contributed by atoms with Gasteiger partial charge in [0.2, 0.25) is 0 Å². The van der Waals surface area contributed by atoms with Gasteiger partial charge in [-0.15, -0.1) is 11.3 Å². The SMILES string of the molecule is CC1=CC[C@@H](C(C)=Cc2csc(C)n2)OC(=O)C[C@H](C#N)C(C)(C)C(=O)C(C)[C@@H](O)[C@@H](C)CCC1. The summed E-state index contributed by atoms with van der Waals surface area (Å²) in [6.45, 7) is 13.0. The van der Waals surface area contributed by atoms with E-state index in [2.05, 4.69) is 24.1 Å². The predicted octanol–water partition coefficient (Wildman–Crippen LogP) is 6.05. The summed E-state index contributed by atoms with van der Waals surface area (Å²) < 4.78 is 5.88. The average molecular weight is 501 g/mol. The van der Waals surface area contributed by atoms with Crippen molar-refractivity contribution in [1.29, 1.82) is 5.26 Å². The maximum Gasteiger partial charge on any atom is 0.307 e. The molecule has 0 bridgehead atoms. The second-order valence-corrected chi connectivity index (χ2v) is 11.6. The normalized spacial score (nSPS) is 29.7. The maximum absolute atomic E-state index is 13.3. The molecule has 1 N–H and O–H groups in total. The minimum atomic E-state index is -1.10. The lowest BCUT2D eigenvalue weighted by Gasteiger charge is -2.34. The number of cyclic esters (lactones) is 1. The molecule has 0 spiro atoms. The molecule has 1 unspecified atom stereocenters. The number of carbonyl (C=O) groups is 2. The molecule has 1 aromatic rings. The summed E-state index contributed by atoms with van der Waals surface area (Å²) in [7, 11) is 0. The Bertz CT molecular complexity index is 1000. The highest BCUT2D eigenvalue weighted by Crippen LogP contribution is 2.36. The summed E-state index contributed by atoms with van der Waals surface area (Å²) in [6, 6.07) is 2.16. The summed E-state index contributed by atoms with van der Waals surface area (Å²) >= 11 is 1.56. The minimum absolute atomic E-state index is 0.0459. The van der Waals surface area contributed by atoms with Crippen molar-refractivity contribution in [3.8, 4) is 6.07 Å². The van der Waals surface area contributed by atoms with E-state index >= 15 is 0 Å². The zero-order chi connectivity index (χ0) is 26.3. The van der Waals surface area contributed by atoms with Crippen molar-refractivity contribution in [3.05, 3.63) is 33.3 Å². The van der Waals surface area contributed by atoms with Crippen molar-refractivity contribution in [2.45, 2.75) is 92.8 Å². The Morgan fingerprint density at radius 2 is 2.00 bits per heavy atom. The summed E-state index contributed by atoms with van der Waals surface area (Å²) in [4.78, 5) is 30.8. The summed E-state index contributed by atoms with van der Waals surface area (Å²) in [5, 5.41) is 23.6. The number of aromatic nitrogens is 1. The Labute approximate surface area is 214 Å². The number of aliphatic hydroxyl groups excluding tert-OH is 1. The zero-order valence-electron chi connectivity index (χ0n) is 22.1. The lowest BCUT2D eigenvalue weighted by atomic mass is 9.69. The molecule has 192 valence electrons. The molecule has 1 aliphatic rings. The van der Waals surface area contributed by atoms with Crippen LogP contribution in [0, 0.1) is 41.4 Å².